The first kappa shape index (κ1) is 8.66. The smallest absolute Gasteiger partial charge is 0.0728 e. The molecule has 1 N–H and O–H groups in total. The zero-order valence-corrected chi connectivity index (χ0v) is 6.00. The second-order valence-corrected chi connectivity index (χ2v) is 1.83. The van der Waals surface area contributed by atoms with Gasteiger partial charge in [0.05, 0.1) is 19.3 Å². The molecule has 2 nitrogen and oxygen atoms in total. The highest BCUT2D eigenvalue weighted by molar-refractivity contribution is 4.83. The highest BCUT2D eigenvalue weighted by atomic mass is 16.5. The molecule has 0 saturated heterocycles. The van der Waals surface area contributed by atoms with Gasteiger partial charge in [0.1, 0.15) is 0 Å². The Hall–Kier alpha value is -0.340. The minimum absolute atomic E-state index is 0.0991. The Bertz CT molecular complexity index is 79.0. The lowest BCUT2D eigenvalue weighted by atomic mass is 10.4. The van der Waals surface area contributed by atoms with Crippen LogP contribution in [0.2, 0.25) is 0 Å². The highest BCUT2D eigenvalue weighted by Gasteiger charge is 1.92. The molecule has 0 radical (unpaired) electrons. The largest absolute Gasteiger partial charge is 0.394 e. The van der Waals surface area contributed by atoms with Crippen molar-refractivity contribution in [2.45, 2.75) is 20.0 Å². The van der Waals surface area contributed by atoms with E-state index in [1.165, 1.54) is 0 Å². The number of rotatable bonds is 4. The summed E-state index contributed by atoms with van der Waals surface area (Å²) in [6.07, 6.45) is 4.00. The Morgan fingerprint density at radius 3 is 2.78 bits per heavy atom. The van der Waals surface area contributed by atoms with Gasteiger partial charge in [-0.1, -0.05) is 12.2 Å². The first-order valence-electron chi connectivity index (χ1n) is 3.16. The van der Waals surface area contributed by atoms with Crippen molar-refractivity contribution in [2.75, 3.05) is 13.2 Å². The van der Waals surface area contributed by atoms with Crippen molar-refractivity contribution in [3.8, 4) is 0 Å². The van der Waals surface area contributed by atoms with E-state index in [2.05, 4.69) is 0 Å². The van der Waals surface area contributed by atoms with Crippen LogP contribution < -0.4 is 0 Å². The number of aliphatic hydroxyl groups is 1. The van der Waals surface area contributed by atoms with Crippen LogP contribution in [0, 0.1) is 0 Å². The molecule has 0 aliphatic rings. The molecule has 0 aromatic rings. The molecule has 54 valence electrons. The van der Waals surface area contributed by atoms with Crippen molar-refractivity contribution in [1.82, 2.24) is 0 Å². The maximum Gasteiger partial charge on any atom is 0.0728 e. The fourth-order valence-electron chi connectivity index (χ4n) is 0.565. The number of hydrogen-bond donors (Lipinski definition) is 1. The molecule has 0 amide bonds. The molecule has 0 heterocycles. The average molecular weight is 130 g/mol. The van der Waals surface area contributed by atoms with Gasteiger partial charge in [-0.05, 0) is 13.8 Å². The second-order valence-electron chi connectivity index (χ2n) is 1.83. The van der Waals surface area contributed by atoms with Gasteiger partial charge in [-0.25, -0.2) is 0 Å². The van der Waals surface area contributed by atoms with Crippen molar-refractivity contribution in [1.29, 1.82) is 0 Å². The van der Waals surface area contributed by atoms with Crippen LogP contribution in [-0.4, -0.2) is 24.4 Å². The fourth-order valence-corrected chi connectivity index (χ4v) is 0.565. The van der Waals surface area contributed by atoms with Crippen LogP contribution in [0.5, 0.6) is 0 Å². The standard InChI is InChI=1S/C7H14O2/c1-3-4-7(2)9-6-5-8/h3-4,7-8H,5-6H2,1-2H3/b4-3+. The molecule has 0 aliphatic carbocycles. The average Bonchev–Trinajstić information content (AvgIpc) is 1.85. The van der Waals surface area contributed by atoms with Gasteiger partial charge in [-0.15, -0.1) is 0 Å². The molecule has 0 bridgehead atoms. The van der Waals surface area contributed by atoms with Gasteiger partial charge in [0.2, 0.25) is 0 Å². The van der Waals surface area contributed by atoms with Crippen molar-refractivity contribution >= 4 is 0 Å². The minimum Gasteiger partial charge on any atom is -0.394 e. The van der Waals surface area contributed by atoms with Gasteiger partial charge in [0.25, 0.3) is 0 Å². The SMILES string of the molecule is C/C=C/C(C)OCCO. The van der Waals surface area contributed by atoms with Gasteiger partial charge in [-0.3, -0.25) is 0 Å². The molecular weight excluding hydrogens is 116 g/mol. The lowest BCUT2D eigenvalue weighted by molar-refractivity contribution is 0.0640. The number of aliphatic hydroxyl groups excluding tert-OH is 1. The molecular formula is C7H14O2. The summed E-state index contributed by atoms with van der Waals surface area (Å²) in [7, 11) is 0. The van der Waals surface area contributed by atoms with Crippen LogP contribution in [-0.2, 0) is 4.74 Å². The van der Waals surface area contributed by atoms with Crippen LogP contribution in [0.3, 0.4) is 0 Å². The number of ether oxygens (including phenoxy) is 1. The highest BCUT2D eigenvalue weighted by Crippen LogP contribution is 1.90. The van der Waals surface area contributed by atoms with E-state index in [0.717, 1.165) is 0 Å². The van der Waals surface area contributed by atoms with Crippen LogP contribution in [0.25, 0.3) is 0 Å². The third kappa shape index (κ3) is 5.53. The summed E-state index contributed by atoms with van der Waals surface area (Å²) < 4.78 is 5.09. The predicted molar refractivity (Wildman–Crippen MR) is 37.3 cm³/mol. The number of hydrogen-bond acceptors (Lipinski definition) is 2. The van der Waals surface area contributed by atoms with E-state index in [-0.39, 0.29) is 12.7 Å². The van der Waals surface area contributed by atoms with E-state index in [4.69, 9.17) is 9.84 Å². The Labute approximate surface area is 56.1 Å². The third-order valence-electron chi connectivity index (χ3n) is 0.935. The van der Waals surface area contributed by atoms with E-state index in [1.54, 1.807) is 0 Å². The fraction of sp³-hybridized carbons (Fsp3) is 0.714. The van der Waals surface area contributed by atoms with Gasteiger partial charge >= 0.3 is 0 Å². The Kier molecular flexibility index (Phi) is 5.57. The Balaban J connectivity index is 3.15. The van der Waals surface area contributed by atoms with Crippen LogP contribution in [0.4, 0.5) is 0 Å². The molecule has 2 heteroatoms. The molecule has 0 rings (SSSR count). The summed E-state index contributed by atoms with van der Waals surface area (Å²) in [6, 6.07) is 0. The molecule has 0 fully saturated rings. The molecule has 9 heavy (non-hydrogen) atoms. The first-order chi connectivity index (χ1) is 4.31. The normalized spacial score (nSPS) is 14.6. The molecule has 1 unspecified atom stereocenters. The van der Waals surface area contributed by atoms with Crippen LogP contribution >= 0.6 is 0 Å². The van der Waals surface area contributed by atoms with E-state index in [9.17, 15) is 0 Å². The molecule has 0 spiro atoms. The van der Waals surface area contributed by atoms with Crippen molar-refractivity contribution in [2.24, 2.45) is 0 Å². The van der Waals surface area contributed by atoms with Gasteiger partial charge in [0.15, 0.2) is 0 Å². The maximum atomic E-state index is 8.33. The summed E-state index contributed by atoms with van der Waals surface area (Å²) in [6.45, 7) is 4.40. The van der Waals surface area contributed by atoms with Crippen LogP contribution in [0.15, 0.2) is 12.2 Å². The third-order valence-corrected chi connectivity index (χ3v) is 0.935. The van der Waals surface area contributed by atoms with E-state index in [0.29, 0.717) is 6.61 Å². The molecule has 0 aromatic carbocycles. The molecule has 0 saturated carbocycles. The van der Waals surface area contributed by atoms with Gasteiger partial charge in [-0.2, -0.15) is 0 Å². The second kappa shape index (κ2) is 5.79. The summed E-state index contributed by atoms with van der Waals surface area (Å²) in [5.74, 6) is 0. The lowest BCUT2D eigenvalue weighted by Crippen LogP contribution is -2.07. The lowest BCUT2D eigenvalue weighted by Gasteiger charge is -2.05. The predicted octanol–water partition coefficient (Wildman–Crippen LogP) is 0.960. The zero-order valence-electron chi connectivity index (χ0n) is 6.00. The summed E-state index contributed by atoms with van der Waals surface area (Å²) in [4.78, 5) is 0. The topological polar surface area (TPSA) is 29.5 Å². The Morgan fingerprint density at radius 2 is 2.33 bits per heavy atom. The first-order valence-corrected chi connectivity index (χ1v) is 3.16. The molecule has 0 aromatic heterocycles. The van der Waals surface area contributed by atoms with E-state index < -0.39 is 0 Å². The van der Waals surface area contributed by atoms with Crippen molar-refractivity contribution < 1.29 is 9.84 Å². The van der Waals surface area contributed by atoms with E-state index in [1.807, 2.05) is 26.0 Å². The van der Waals surface area contributed by atoms with Crippen molar-refractivity contribution in [3.63, 3.8) is 0 Å². The molecule has 1 atom stereocenters. The molecule has 0 aliphatic heterocycles. The quantitative estimate of drug-likeness (QED) is 0.574. The zero-order chi connectivity index (χ0) is 7.11. The summed E-state index contributed by atoms with van der Waals surface area (Å²) in [5, 5.41) is 8.33. The van der Waals surface area contributed by atoms with Crippen molar-refractivity contribution in [3.05, 3.63) is 12.2 Å². The summed E-state index contributed by atoms with van der Waals surface area (Å²) in [5.41, 5.74) is 0. The van der Waals surface area contributed by atoms with Gasteiger partial charge < -0.3 is 9.84 Å². The van der Waals surface area contributed by atoms with E-state index >= 15 is 0 Å². The minimum atomic E-state index is 0.0991. The number of allylic oxidation sites excluding steroid dienone is 1. The summed E-state index contributed by atoms with van der Waals surface area (Å²) >= 11 is 0. The Morgan fingerprint density at radius 1 is 1.67 bits per heavy atom. The monoisotopic (exact) mass is 130 g/mol. The maximum absolute atomic E-state index is 8.33. The van der Waals surface area contributed by atoms with Gasteiger partial charge in [0, 0.05) is 0 Å². The van der Waals surface area contributed by atoms with Crippen LogP contribution in [0.1, 0.15) is 13.8 Å².